The molecule has 9 heteroatoms. The molecule has 0 radical (unpaired) electrons. The van der Waals surface area contributed by atoms with Gasteiger partial charge in [-0.25, -0.2) is 4.98 Å². The van der Waals surface area contributed by atoms with Gasteiger partial charge in [-0.05, 0) is 24.1 Å². The SMILES string of the molecule is CC(C)c1cc(C(=O)N2CCN(c3ncc(C(F)(F)F)cc3Cl)CC2)c2ccccc2n1. The second-order valence-corrected chi connectivity index (χ2v) is 8.48. The first-order valence-corrected chi connectivity index (χ1v) is 10.7. The Labute approximate surface area is 188 Å². The van der Waals surface area contributed by atoms with Gasteiger partial charge >= 0.3 is 6.18 Å². The number of halogens is 4. The number of amides is 1. The van der Waals surface area contributed by atoms with E-state index in [1.54, 1.807) is 9.80 Å². The maximum absolute atomic E-state index is 13.4. The third-order valence-electron chi connectivity index (χ3n) is 5.57. The van der Waals surface area contributed by atoms with Crippen molar-refractivity contribution in [3.63, 3.8) is 0 Å². The van der Waals surface area contributed by atoms with Crippen molar-refractivity contribution in [1.82, 2.24) is 14.9 Å². The van der Waals surface area contributed by atoms with Crippen LogP contribution in [0.2, 0.25) is 5.02 Å². The molecule has 5 nitrogen and oxygen atoms in total. The minimum absolute atomic E-state index is 0.0543. The van der Waals surface area contributed by atoms with Crippen molar-refractivity contribution in [1.29, 1.82) is 0 Å². The summed E-state index contributed by atoms with van der Waals surface area (Å²) in [5, 5.41) is 0.748. The van der Waals surface area contributed by atoms with Gasteiger partial charge in [-0.15, -0.1) is 0 Å². The van der Waals surface area contributed by atoms with Crippen molar-refractivity contribution in [2.75, 3.05) is 31.1 Å². The molecule has 0 N–H and O–H groups in total. The number of para-hydroxylation sites is 1. The number of piperazine rings is 1. The quantitative estimate of drug-likeness (QED) is 0.524. The molecule has 1 aliphatic heterocycles. The number of carbonyl (C=O) groups is 1. The van der Waals surface area contributed by atoms with Crippen LogP contribution >= 0.6 is 11.6 Å². The van der Waals surface area contributed by atoms with Crippen LogP contribution in [0, 0.1) is 0 Å². The van der Waals surface area contributed by atoms with Gasteiger partial charge in [0.05, 0.1) is 21.7 Å². The Morgan fingerprint density at radius 1 is 1.09 bits per heavy atom. The van der Waals surface area contributed by atoms with Crippen LogP contribution in [-0.4, -0.2) is 47.0 Å². The average molecular weight is 463 g/mol. The number of fused-ring (bicyclic) bond motifs is 1. The van der Waals surface area contributed by atoms with Gasteiger partial charge < -0.3 is 9.80 Å². The summed E-state index contributed by atoms with van der Waals surface area (Å²) in [6, 6.07) is 10.3. The van der Waals surface area contributed by atoms with Crippen LogP contribution in [0.15, 0.2) is 42.6 Å². The van der Waals surface area contributed by atoms with Crippen LogP contribution in [0.1, 0.15) is 41.4 Å². The highest BCUT2D eigenvalue weighted by Gasteiger charge is 2.32. The predicted molar refractivity (Wildman–Crippen MR) is 118 cm³/mol. The molecule has 3 aromatic rings. The summed E-state index contributed by atoms with van der Waals surface area (Å²) in [5.74, 6) is 0.385. The van der Waals surface area contributed by atoms with Gasteiger partial charge in [0.15, 0.2) is 0 Å². The summed E-state index contributed by atoms with van der Waals surface area (Å²) in [6.45, 7) is 5.72. The largest absolute Gasteiger partial charge is 0.417 e. The number of carbonyl (C=O) groups excluding carboxylic acids is 1. The molecule has 0 saturated carbocycles. The van der Waals surface area contributed by atoms with Crippen molar-refractivity contribution in [2.24, 2.45) is 0 Å². The normalized spacial score (nSPS) is 15.0. The number of hydrogen-bond acceptors (Lipinski definition) is 4. The molecular weight excluding hydrogens is 441 g/mol. The number of anilines is 1. The van der Waals surface area contributed by atoms with E-state index < -0.39 is 11.7 Å². The first-order chi connectivity index (χ1) is 15.1. The minimum atomic E-state index is -4.50. The lowest BCUT2D eigenvalue weighted by Gasteiger charge is -2.36. The van der Waals surface area contributed by atoms with Crippen molar-refractivity contribution in [3.8, 4) is 0 Å². The highest BCUT2D eigenvalue weighted by molar-refractivity contribution is 6.33. The van der Waals surface area contributed by atoms with Gasteiger partial charge in [-0.2, -0.15) is 13.2 Å². The summed E-state index contributed by atoms with van der Waals surface area (Å²) in [7, 11) is 0. The lowest BCUT2D eigenvalue weighted by molar-refractivity contribution is -0.137. The Morgan fingerprint density at radius 3 is 2.41 bits per heavy atom. The number of benzene rings is 1. The van der Waals surface area contributed by atoms with Gasteiger partial charge in [-0.1, -0.05) is 43.6 Å². The van der Waals surface area contributed by atoms with Crippen LogP contribution in [0.25, 0.3) is 10.9 Å². The van der Waals surface area contributed by atoms with Crippen LogP contribution in [-0.2, 0) is 6.18 Å². The lowest BCUT2D eigenvalue weighted by atomic mass is 10.0. The highest BCUT2D eigenvalue weighted by atomic mass is 35.5. The molecule has 0 spiro atoms. The zero-order valence-corrected chi connectivity index (χ0v) is 18.4. The molecule has 0 aliphatic carbocycles. The standard InChI is InChI=1S/C23H22ClF3N4O/c1-14(2)20-12-17(16-5-3-4-6-19(16)29-20)22(32)31-9-7-30(8-10-31)21-18(24)11-15(13-28-21)23(25,26)27/h3-6,11-14H,7-10H2,1-2H3. The molecule has 32 heavy (non-hydrogen) atoms. The number of alkyl halides is 3. The molecule has 1 fully saturated rings. The fourth-order valence-electron chi connectivity index (χ4n) is 3.78. The number of rotatable bonds is 3. The van der Waals surface area contributed by atoms with Gasteiger partial charge in [0.2, 0.25) is 0 Å². The van der Waals surface area contributed by atoms with E-state index in [2.05, 4.69) is 9.97 Å². The van der Waals surface area contributed by atoms with Crippen LogP contribution in [0.4, 0.5) is 19.0 Å². The van der Waals surface area contributed by atoms with Crippen molar-refractivity contribution in [3.05, 3.63) is 64.4 Å². The van der Waals surface area contributed by atoms with E-state index >= 15 is 0 Å². The van der Waals surface area contributed by atoms with E-state index in [1.165, 1.54) is 0 Å². The maximum atomic E-state index is 13.4. The molecule has 3 heterocycles. The topological polar surface area (TPSA) is 49.3 Å². The summed E-state index contributed by atoms with van der Waals surface area (Å²) >= 11 is 6.08. The number of hydrogen-bond donors (Lipinski definition) is 0. The van der Waals surface area contributed by atoms with E-state index in [9.17, 15) is 18.0 Å². The third-order valence-corrected chi connectivity index (χ3v) is 5.85. The third kappa shape index (κ3) is 4.37. The van der Waals surface area contributed by atoms with E-state index in [0.717, 1.165) is 28.9 Å². The Bertz CT molecular complexity index is 1160. The lowest BCUT2D eigenvalue weighted by Crippen LogP contribution is -2.49. The predicted octanol–water partition coefficient (Wildman–Crippen LogP) is 5.39. The molecule has 168 valence electrons. The fraction of sp³-hybridized carbons (Fsp3) is 0.348. The molecule has 1 aliphatic rings. The van der Waals surface area contributed by atoms with Crippen molar-refractivity contribution >= 4 is 34.2 Å². The van der Waals surface area contributed by atoms with E-state index in [1.807, 2.05) is 44.2 Å². The molecule has 1 aromatic carbocycles. The number of pyridine rings is 2. The Balaban J connectivity index is 1.54. The Hall–Kier alpha value is -2.87. The number of aromatic nitrogens is 2. The molecule has 0 unspecified atom stereocenters. The maximum Gasteiger partial charge on any atom is 0.417 e. The molecule has 2 aromatic heterocycles. The fourth-order valence-corrected chi connectivity index (χ4v) is 4.06. The van der Waals surface area contributed by atoms with Crippen LogP contribution in [0.3, 0.4) is 0 Å². The molecular formula is C23H22ClF3N4O. The van der Waals surface area contributed by atoms with Crippen molar-refractivity contribution in [2.45, 2.75) is 25.9 Å². The average Bonchev–Trinajstić information content (AvgIpc) is 2.77. The van der Waals surface area contributed by atoms with Crippen LogP contribution in [0.5, 0.6) is 0 Å². The zero-order valence-electron chi connectivity index (χ0n) is 17.7. The van der Waals surface area contributed by atoms with Crippen molar-refractivity contribution < 1.29 is 18.0 Å². The Kier molecular flexibility index (Phi) is 5.99. The summed E-state index contributed by atoms with van der Waals surface area (Å²) in [6.07, 6.45) is -3.71. The zero-order chi connectivity index (χ0) is 23.0. The second-order valence-electron chi connectivity index (χ2n) is 8.07. The summed E-state index contributed by atoms with van der Waals surface area (Å²) in [4.78, 5) is 25.5. The van der Waals surface area contributed by atoms with Crippen LogP contribution < -0.4 is 4.90 Å². The summed E-state index contributed by atoms with van der Waals surface area (Å²) < 4.78 is 38.6. The van der Waals surface area contributed by atoms with E-state index in [4.69, 9.17) is 11.6 Å². The Morgan fingerprint density at radius 2 is 1.78 bits per heavy atom. The van der Waals surface area contributed by atoms with E-state index in [-0.39, 0.29) is 16.8 Å². The summed E-state index contributed by atoms with van der Waals surface area (Å²) in [5.41, 5.74) is 1.36. The highest BCUT2D eigenvalue weighted by Crippen LogP contribution is 2.34. The van der Waals surface area contributed by atoms with Gasteiger partial charge in [0, 0.05) is 43.5 Å². The minimum Gasteiger partial charge on any atom is -0.352 e. The van der Waals surface area contributed by atoms with Gasteiger partial charge in [-0.3, -0.25) is 9.78 Å². The smallest absolute Gasteiger partial charge is 0.352 e. The first-order valence-electron chi connectivity index (χ1n) is 10.3. The monoisotopic (exact) mass is 462 g/mol. The van der Waals surface area contributed by atoms with E-state index in [0.29, 0.717) is 37.6 Å². The molecule has 0 atom stereocenters. The molecule has 1 saturated heterocycles. The first kappa shape index (κ1) is 22.3. The number of nitrogens with zero attached hydrogens (tertiary/aromatic N) is 4. The molecule has 4 rings (SSSR count). The van der Waals surface area contributed by atoms with Gasteiger partial charge in [0.1, 0.15) is 5.82 Å². The van der Waals surface area contributed by atoms with Gasteiger partial charge in [0.25, 0.3) is 5.91 Å². The second kappa shape index (κ2) is 8.58. The molecule has 0 bridgehead atoms. The molecule has 1 amide bonds.